The predicted molar refractivity (Wildman–Crippen MR) is 83.3 cm³/mol. The van der Waals surface area contributed by atoms with Crippen LogP contribution in [0.1, 0.15) is 6.42 Å². The van der Waals surface area contributed by atoms with Crippen LogP contribution in [0.4, 0.5) is 5.69 Å². The quantitative estimate of drug-likeness (QED) is 0.779. The Balaban J connectivity index is 2.37. The van der Waals surface area contributed by atoms with Crippen LogP contribution in [0.5, 0.6) is 5.75 Å². The lowest BCUT2D eigenvalue weighted by molar-refractivity contribution is -0.116. The van der Waals surface area contributed by atoms with Crippen LogP contribution in [0.25, 0.3) is 0 Å². The van der Waals surface area contributed by atoms with Crippen LogP contribution in [0, 0.1) is 0 Å². The van der Waals surface area contributed by atoms with Crippen LogP contribution < -0.4 is 9.64 Å². The molecule has 21 heavy (non-hydrogen) atoms. The van der Waals surface area contributed by atoms with E-state index in [0.29, 0.717) is 22.9 Å². The molecule has 0 bridgehead atoms. The van der Waals surface area contributed by atoms with Gasteiger partial charge in [-0.15, -0.1) is 11.6 Å². The number of hydrogen-bond acceptors (Lipinski definition) is 4. The van der Waals surface area contributed by atoms with Gasteiger partial charge in [0.05, 0.1) is 29.7 Å². The smallest absolute Gasteiger partial charge is 0.242 e. The van der Waals surface area contributed by atoms with Gasteiger partial charge in [0.2, 0.25) is 5.91 Å². The van der Waals surface area contributed by atoms with Crippen molar-refractivity contribution in [3.63, 3.8) is 0 Å². The molecule has 2 rings (SSSR count). The average Bonchev–Trinajstić information content (AvgIpc) is 2.79. The number of rotatable bonds is 4. The Labute approximate surface area is 133 Å². The standard InChI is InChI=1S/C13H15Cl2NO4S/c1-20-12-3-2-9(6-11(12)15)16(13(17)7-14)10-4-5-21(18,19)8-10/h2-3,6,10H,4-5,7-8H2,1H3/t10-/m0/s1. The molecule has 5 nitrogen and oxygen atoms in total. The third-order valence-electron chi connectivity index (χ3n) is 3.37. The molecule has 1 aromatic carbocycles. The molecule has 116 valence electrons. The molecular formula is C13H15Cl2NO4S. The van der Waals surface area contributed by atoms with Crippen molar-refractivity contribution in [2.75, 3.05) is 29.4 Å². The van der Waals surface area contributed by atoms with Crippen molar-refractivity contribution in [2.45, 2.75) is 12.5 Å². The van der Waals surface area contributed by atoms with E-state index in [-0.39, 0.29) is 23.3 Å². The molecule has 1 fully saturated rings. The number of carbonyl (C=O) groups excluding carboxylic acids is 1. The van der Waals surface area contributed by atoms with Gasteiger partial charge in [0, 0.05) is 5.69 Å². The lowest BCUT2D eigenvalue weighted by Gasteiger charge is -2.28. The summed E-state index contributed by atoms with van der Waals surface area (Å²) < 4.78 is 28.3. The fourth-order valence-corrected chi connectivity index (χ4v) is 4.49. The first-order chi connectivity index (χ1) is 9.88. The largest absolute Gasteiger partial charge is 0.495 e. The van der Waals surface area contributed by atoms with Gasteiger partial charge in [0.1, 0.15) is 11.6 Å². The van der Waals surface area contributed by atoms with Crippen LogP contribution in [-0.2, 0) is 14.6 Å². The van der Waals surface area contributed by atoms with Gasteiger partial charge in [0.25, 0.3) is 0 Å². The topological polar surface area (TPSA) is 63.7 Å². The van der Waals surface area contributed by atoms with Crippen LogP contribution in [0.2, 0.25) is 5.02 Å². The van der Waals surface area contributed by atoms with Gasteiger partial charge in [-0.05, 0) is 24.6 Å². The van der Waals surface area contributed by atoms with Crippen molar-refractivity contribution in [3.8, 4) is 5.75 Å². The minimum atomic E-state index is -3.11. The van der Waals surface area contributed by atoms with Gasteiger partial charge in [-0.25, -0.2) is 8.42 Å². The first-order valence-electron chi connectivity index (χ1n) is 6.30. The highest BCUT2D eigenvalue weighted by Crippen LogP contribution is 2.32. The minimum absolute atomic E-state index is 0.0563. The Morgan fingerprint density at radius 1 is 1.48 bits per heavy atom. The van der Waals surface area contributed by atoms with E-state index >= 15 is 0 Å². The molecule has 0 spiro atoms. The number of halogens is 2. The lowest BCUT2D eigenvalue weighted by atomic mass is 10.1. The summed E-state index contributed by atoms with van der Waals surface area (Å²) in [6, 6.07) is 4.47. The second-order valence-corrected chi connectivity index (χ2v) is 7.68. The Hall–Kier alpha value is -0.980. The maximum atomic E-state index is 12.1. The van der Waals surface area contributed by atoms with Gasteiger partial charge in [-0.1, -0.05) is 11.6 Å². The normalized spacial score (nSPS) is 20.2. The number of amides is 1. The lowest BCUT2D eigenvalue weighted by Crippen LogP contribution is -2.42. The highest BCUT2D eigenvalue weighted by molar-refractivity contribution is 7.91. The zero-order valence-corrected chi connectivity index (χ0v) is 13.7. The van der Waals surface area contributed by atoms with Gasteiger partial charge >= 0.3 is 0 Å². The van der Waals surface area contributed by atoms with E-state index < -0.39 is 15.9 Å². The molecule has 1 aliphatic rings. The minimum Gasteiger partial charge on any atom is -0.495 e. The van der Waals surface area contributed by atoms with Gasteiger partial charge in [-0.3, -0.25) is 4.79 Å². The summed E-state index contributed by atoms with van der Waals surface area (Å²) in [5.74, 6) is -0.0645. The fourth-order valence-electron chi connectivity index (χ4n) is 2.41. The summed E-state index contributed by atoms with van der Waals surface area (Å²) in [5.41, 5.74) is 0.522. The highest BCUT2D eigenvalue weighted by Gasteiger charge is 2.35. The van der Waals surface area contributed by atoms with Crippen molar-refractivity contribution in [3.05, 3.63) is 23.2 Å². The summed E-state index contributed by atoms with van der Waals surface area (Å²) in [5, 5.41) is 0.350. The summed E-state index contributed by atoms with van der Waals surface area (Å²) in [6.07, 6.45) is 0.397. The molecule has 1 atom stereocenters. The van der Waals surface area contributed by atoms with Crippen LogP contribution >= 0.6 is 23.2 Å². The van der Waals surface area contributed by atoms with E-state index in [9.17, 15) is 13.2 Å². The van der Waals surface area contributed by atoms with Crippen molar-refractivity contribution in [1.29, 1.82) is 0 Å². The van der Waals surface area contributed by atoms with Crippen molar-refractivity contribution in [2.24, 2.45) is 0 Å². The summed E-state index contributed by atoms with van der Waals surface area (Å²) in [6.45, 7) is 0. The Kier molecular flexibility index (Phi) is 5.01. The third kappa shape index (κ3) is 3.62. The van der Waals surface area contributed by atoms with E-state index in [1.807, 2.05) is 0 Å². The number of alkyl halides is 1. The van der Waals surface area contributed by atoms with Crippen molar-refractivity contribution < 1.29 is 17.9 Å². The van der Waals surface area contributed by atoms with Gasteiger partial charge in [-0.2, -0.15) is 0 Å². The zero-order valence-electron chi connectivity index (χ0n) is 11.4. The van der Waals surface area contributed by atoms with E-state index in [1.165, 1.54) is 12.0 Å². The van der Waals surface area contributed by atoms with Gasteiger partial charge in [0.15, 0.2) is 9.84 Å². The SMILES string of the molecule is COc1ccc(N(C(=O)CCl)[C@H]2CCS(=O)(=O)C2)cc1Cl. The van der Waals surface area contributed by atoms with Crippen molar-refractivity contribution >= 4 is 44.6 Å². The van der Waals surface area contributed by atoms with E-state index in [4.69, 9.17) is 27.9 Å². The molecule has 1 saturated heterocycles. The van der Waals surface area contributed by atoms with E-state index in [0.717, 1.165) is 0 Å². The molecule has 0 saturated carbocycles. The molecule has 8 heteroatoms. The molecule has 1 aliphatic heterocycles. The molecule has 1 amide bonds. The van der Waals surface area contributed by atoms with Gasteiger partial charge < -0.3 is 9.64 Å². The maximum Gasteiger partial charge on any atom is 0.242 e. The number of sulfone groups is 1. The monoisotopic (exact) mass is 351 g/mol. The van der Waals surface area contributed by atoms with E-state index in [1.54, 1.807) is 18.2 Å². The molecule has 0 N–H and O–H groups in total. The van der Waals surface area contributed by atoms with Crippen LogP contribution in [-0.4, -0.2) is 44.9 Å². The third-order valence-corrected chi connectivity index (χ3v) is 5.64. The van der Waals surface area contributed by atoms with Crippen molar-refractivity contribution in [1.82, 2.24) is 0 Å². The highest BCUT2D eigenvalue weighted by atomic mass is 35.5. The molecular weight excluding hydrogens is 337 g/mol. The molecule has 0 aliphatic carbocycles. The number of benzene rings is 1. The van der Waals surface area contributed by atoms with E-state index in [2.05, 4.69) is 0 Å². The zero-order chi connectivity index (χ0) is 15.6. The number of hydrogen-bond donors (Lipinski definition) is 0. The Morgan fingerprint density at radius 3 is 2.67 bits per heavy atom. The summed E-state index contributed by atoms with van der Waals surface area (Å²) in [7, 11) is -1.62. The predicted octanol–water partition coefficient (Wildman–Crippen LogP) is 2.11. The average molecular weight is 352 g/mol. The summed E-state index contributed by atoms with van der Waals surface area (Å²) >= 11 is 11.7. The van der Waals surface area contributed by atoms with Crippen LogP contribution in [0.15, 0.2) is 18.2 Å². The number of anilines is 1. The maximum absolute atomic E-state index is 12.1. The second kappa shape index (κ2) is 6.42. The fraction of sp³-hybridized carbons (Fsp3) is 0.462. The Bertz CT molecular complexity index is 648. The number of nitrogens with zero attached hydrogens (tertiary/aromatic N) is 1. The Morgan fingerprint density at radius 2 is 2.19 bits per heavy atom. The second-order valence-electron chi connectivity index (χ2n) is 4.77. The number of ether oxygens (including phenoxy) is 1. The van der Waals surface area contributed by atoms with Crippen LogP contribution in [0.3, 0.4) is 0 Å². The molecule has 0 unspecified atom stereocenters. The molecule has 1 aromatic rings. The molecule has 1 heterocycles. The molecule has 0 radical (unpaired) electrons. The first-order valence-corrected chi connectivity index (χ1v) is 9.03. The summed E-state index contributed by atoms with van der Waals surface area (Å²) in [4.78, 5) is 13.5. The number of carbonyl (C=O) groups is 1. The molecule has 0 aromatic heterocycles. The first kappa shape index (κ1) is 16.4. The number of methoxy groups -OCH3 is 1.